The number of alkyl halides is 3. The Bertz CT molecular complexity index is 498. The molecule has 8 nitrogen and oxygen atoms in total. The van der Waals surface area contributed by atoms with Crippen LogP contribution in [0.15, 0.2) is 12.7 Å². The number of hydrogen-bond acceptors (Lipinski definition) is 6. The minimum atomic E-state index is -5.08. The Hall–Kier alpha value is -2.14. The molecular formula is C15H23F3N2O6. The first-order valence-corrected chi connectivity index (χ1v) is 7.79. The van der Waals surface area contributed by atoms with Crippen molar-refractivity contribution in [2.75, 3.05) is 19.7 Å². The molecule has 0 aromatic carbocycles. The van der Waals surface area contributed by atoms with Gasteiger partial charge in [-0.25, -0.2) is 4.79 Å². The van der Waals surface area contributed by atoms with E-state index in [4.69, 9.17) is 20.4 Å². The molecule has 26 heavy (non-hydrogen) atoms. The number of carboxylic acid groups (broad SMARTS) is 2. The van der Waals surface area contributed by atoms with Gasteiger partial charge in [0.05, 0.1) is 0 Å². The summed E-state index contributed by atoms with van der Waals surface area (Å²) in [4.78, 5) is 33.5. The Balaban J connectivity index is 0.000000758. The van der Waals surface area contributed by atoms with Crippen LogP contribution < -0.4 is 5.73 Å². The van der Waals surface area contributed by atoms with Crippen molar-refractivity contribution in [2.45, 2.75) is 43.9 Å². The predicted octanol–water partition coefficient (Wildman–Crippen LogP) is 1.01. The monoisotopic (exact) mass is 384 g/mol. The molecule has 0 aromatic rings. The summed E-state index contributed by atoms with van der Waals surface area (Å²) in [6, 6.07) is -0.558. The normalized spacial score (nSPS) is 18.4. The van der Waals surface area contributed by atoms with Crippen LogP contribution in [-0.2, 0) is 19.1 Å². The second-order valence-electron chi connectivity index (χ2n) is 5.44. The Kier molecular flexibility index (Phi) is 10.5. The van der Waals surface area contributed by atoms with Gasteiger partial charge < -0.3 is 20.7 Å². The first-order valence-electron chi connectivity index (χ1n) is 7.79. The van der Waals surface area contributed by atoms with Crippen LogP contribution in [0.4, 0.5) is 13.2 Å². The highest BCUT2D eigenvalue weighted by Gasteiger charge is 2.38. The van der Waals surface area contributed by atoms with E-state index < -0.39 is 30.1 Å². The minimum Gasteiger partial charge on any atom is -0.480 e. The number of nitrogens with zero attached hydrogens (tertiary/aromatic N) is 1. The summed E-state index contributed by atoms with van der Waals surface area (Å²) in [5.41, 5.74) is 5.65. The van der Waals surface area contributed by atoms with Crippen molar-refractivity contribution in [3.63, 3.8) is 0 Å². The van der Waals surface area contributed by atoms with Crippen LogP contribution in [0.2, 0.25) is 0 Å². The fourth-order valence-electron chi connectivity index (χ4n) is 2.43. The molecule has 0 aromatic heterocycles. The molecule has 1 heterocycles. The number of likely N-dealkylation sites (tertiary alicyclic amines) is 1. The van der Waals surface area contributed by atoms with Crippen LogP contribution in [0.5, 0.6) is 0 Å². The van der Waals surface area contributed by atoms with Gasteiger partial charge >= 0.3 is 24.1 Å². The molecule has 2 atom stereocenters. The molecule has 1 aliphatic heterocycles. The van der Waals surface area contributed by atoms with Crippen molar-refractivity contribution < 1.29 is 42.5 Å². The van der Waals surface area contributed by atoms with Crippen LogP contribution in [0.1, 0.15) is 25.7 Å². The molecule has 150 valence electrons. The number of aliphatic carboxylic acids is 2. The van der Waals surface area contributed by atoms with Crippen LogP contribution >= 0.6 is 0 Å². The molecular weight excluding hydrogens is 361 g/mol. The minimum absolute atomic E-state index is 0.0958. The molecule has 0 bridgehead atoms. The number of carboxylic acids is 2. The van der Waals surface area contributed by atoms with Gasteiger partial charge in [-0.2, -0.15) is 13.2 Å². The van der Waals surface area contributed by atoms with Crippen LogP contribution in [-0.4, -0.2) is 71.0 Å². The first-order chi connectivity index (χ1) is 12.0. The molecule has 1 saturated heterocycles. The molecule has 1 aliphatic rings. The number of nitrogens with two attached hydrogens (primary N) is 1. The Morgan fingerprint density at radius 1 is 1.35 bits per heavy atom. The second-order valence-corrected chi connectivity index (χ2v) is 5.44. The lowest BCUT2D eigenvalue weighted by molar-refractivity contribution is -0.192. The van der Waals surface area contributed by atoms with Gasteiger partial charge in [0.1, 0.15) is 12.6 Å². The predicted molar refractivity (Wildman–Crippen MR) is 84.3 cm³/mol. The Morgan fingerprint density at radius 3 is 2.35 bits per heavy atom. The molecule has 0 spiro atoms. The summed E-state index contributed by atoms with van der Waals surface area (Å²) in [6.45, 7) is 4.78. The number of halogens is 3. The molecule has 4 N–H and O–H groups in total. The molecule has 0 aliphatic carbocycles. The highest BCUT2D eigenvalue weighted by Crippen LogP contribution is 2.22. The number of carbonyl (C=O) groups is 3. The molecule has 0 saturated carbocycles. The molecule has 0 radical (unpaired) electrons. The third-order valence-electron chi connectivity index (χ3n) is 3.61. The third kappa shape index (κ3) is 8.81. The van der Waals surface area contributed by atoms with Crippen molar-refractivity contribution >= 4 is 17.9 Å². The highest BCUT2D eigenvalue weighted by molar-refractivity contribution is 5.75. The number of hydrogen-bond donors (Lipinski definition) is 3. The number of carbonyl (C=O) groups excluding carboxylic acids is 1. The summed E-state index contributed by atoms with van der Waals surface area (Å²) in [5.74, 6) is -4.06. The quantitative estimate of drug-likeness (QED) is 0.417. The molecule has 1 rings (SSSR count). The Morgan fingerprint density at radius 2 is 1.92 bits per heavy atom. The van der Waals surface area contributed by atoms with Gasteiger partial charge in [0.2, 0.25) is 0 Å². The van der Waals surface area contributed by atoms with E-state index in [-0.39, 0.29) is 25.5 Å². The van der Waals surface area contributed by atoms with Crippen molar-refractivity contribution in [3.8, 4) is 0 Å². The number of rotatable bonds is 8. The fraction of sp³-hybridized carbons (Fsp3) is 0.667. The number of esters is 1. The summed E-state index contributed by atoms with van der Waals surface area (Å²) in [7, 11) is 0. The number of ether oxygens (including phenoxy) is 1. The second kappa shape index (κ2) is 11.5. The van der Waals surface area contributed by atoms with Crippen molar-refractivity contribution in [1.29, 1.82) is 0 Å². The maximum Gasteiger partial charge on any atom is 0.490 e. The van der Waals surface area contributed by atoms with Crippen molar-refractivity contribution in [3.05, 3.63) is 12.7 Å². The van der Waals surface area contributed by atoms with Gasteiger partial charge in [-0.1, -0.05) is 12.7 Å². The zero-order valence-electron chi connectivity index (χ0n) is 14.1. The maximum atomic E-state index is 11.4. The SMILES string of the molecule is C=CCOC(=O)CC[C@@H](C(=O)O)N1CCC[C@H]1CN.O=C(O)C(F)(F)F. The third-order valence-corrected chi connectivity index (χ3v) is 3.61. The van der Waals surface area contributed by atoms with Gasteiger partial charge in [0, 0.05) is 19.0 Å². The van der Waals surface area contributed by atoms with Gasteiger partial charge in [-0.05, 0) is 25.8 Å². The van der Waals surface area contributed by atoms with Gasteiger partial charge in [-0.3, -0.25) is 14.5 Å². The lowest BCUT2D eigenvalue weighted by Gasteiger charge is -2.29. The summed E-state index contributed by atoms with van der Waals surface area (Å²) in [6.07, 6.45) is -1.38. The van der Waals surface area contributed by atoms with Gasteiger partial charge in [0.25, 0.3) is 0 Å². The first kappa shape index (κ1) is 23.9. The molecule has 11 heteroatoms. The maximum absolute atomic E-state index is 11.4. The lowest BCUT2D eigenvalue weighted by atomic mass is 10.1. The van der Waals surface area contributed by atoms with E-state index >= 15 is 0 Å². The van der Waals surface area contributed by atoms with E-state index in [1.165, 1.54) is 6.08 Å². The van der Waals surface area contributed by atoms with Gasteiger partial charge in [-0.15, -0.1) is 0 Å². The molecule has 0 unspecified atom stereocenters. The zero-order chi connectivity index (χ0) is 20.3. The van der Waals surface area contributed by atoms with E-state index in [9.17, 15) is 27.9 Å². The van der Waals surface area contributed by atoms with Gasteiger partial charge in [0.15, 0.2) is 0 Å². The van der Waals surface area contributed by atoms with Crippen LogP contribution in [0.25, 0.3) is 0 Å². The van der Waals surface area contributed by atoms with Crippen molar-refractivity contribution in [2.24, 2.45) is 5.73 Å². The van der Waals surface area contributed by atoms with E-state index in [2.05, 4.69) is 6.58 Å². The average Bonchev–Trinajstić information content (AvgIpc) is 3.00. The van der Waals surface area contributed by atoms with Crippen LogP contribution in [0, 0.1) is 0 Å². The average molecular weight is 384 g/mol. The summed E-state index contributed by atoms with van der Waals surface area (Å²) in [5, 5.41) is 16.4. The fourth-order valence-corrected chi connectivity index (χ4v) is 2.43. The topological polar surface area (TPSA) is 130 Å². The zero-order valence-corrected chi connectivity index (χ0v) is 14.1. The summed E-state index contributed by atoms with van der Waals surface area (Å²) < 4.78 is 36.6. The van der Waals surface area contributed by atoms with E-state index in [1.54, 1.807) is 0 Å². The lowest BCUT2D eigenvalue weighted by Crippen LogP contribution is -2.47. The van der Waals surface area contributed by atoms with Crippen LogP contribution in [0.3, 0.4) is 0 Å². The highest BCUT2D eigenvalue weighted by atomic mass is 19.4. The largest absolute Gasteiger partial charge is 0.490 e. The summed E-state index contributed by atoms with van der Waals surface area (Å²) >= 11 is 0. The van der Waals surface area contributed by atoms with E-state index in [0.717, 1.165) is 19.4 Å². The Labute approximate surface area is 148 Å². The van der Waals surface area contributed by atoms with E-state index in [1.807, 2.05) is 4.90 Å². The molecule has 0 amide bonds. The standard InChI is InChI=1S/C13H22N2O4.C2HF3O2/c1-2-8-19-12(16)6-5-11(13(17)18)15-7-3-4-10(15)9-14;3-2(4,5)1(6)7/h2,10-11H,1,3-9,14H2,(H,17,18);(H,6,7)/t10-,11-;/m0./s1. The smallest absolute Gasteiger partial charge is 0.480 e. The molecule has 1 fully saturated rings. The van der Waals surface area contributed by atoms with E-state index in [0.29, 0.717) is 6.54 Å². The van der Waals surface area contributed by atoms with Crippen molar-refractivity contribution in [1.82, 2.24) is 4.90 Å².